The quantitative estimate of drug-likeness (QED) is 0.634. The fraction of sp³-hybridized carbons (Fsp3) is 0.222. The van der Waals surface area contributed by atoms with Gasteiger partial charge >= 0.3 is 12.4 Å². The Kier molecular flexibility index (Phi) is 2.86. The highest BCUT2D eigenvalue weighted by Crippen LogP contribution is 2.41. The number of hydrogen-bond acceptors (Lipinski definition) is 1. The number of hydrogen-bond donors (Lipinski definition) is 0. The van der Waals surface area contributed by atoms with Crippen LogP contribution in [0.2, 0.25) is 0 Å². The van der Waals surface area contributed by atoms with Crippen molar-refractivity contribution in [2.24, 2.45) is 0 Å². The first-order valence-electron chi connectivity index (χ1n) is 3.85. The van der Waals surface area contributed by atoms with Crippen LogP contribution in [0.25, 0.3) is 0 Å². The lowest BCUT2D eigenvalue weighted by Crippen LogP contribution is -2.18. The Morgan fingerprint density at radius 3 is 1.88 bits per heavy atom. The number of alkyl halides is 6. The van der Waals surface area contributed by atoms with Gasteiger partial charge in [0.15, 0.2) is 0 Å². The molecular weight excluding hydrogens is 236 g/mol. The number of nitrogens with zero attached hydrogens (tertiary/aromatic N) is 1. The van der Waals surface area contributed by atoms with Gasteiger partial charge in [-0.2, -0.15) is 31.6 Å². The molecule has 16 heavy (non-hydrogen) atoms. The van der Waals surface area contributed by atoms with E-state index in [-0.39, 0.29) is 0 Å². The average Bonchev–Trinajstić information content (AvgIpc) is 2.13. The summed E-state index contributed by atoms with van der Waals surface area (Å²) in [6.45, 7) is 0. The second kappa shape index (κ2) is 3.70. The van der Waals surface area contributed by atoms with E-state index in [4.69, 9.17) is 5.26 Å². The van der Waals surface area contributed by atoms with Crippen molar-refractivity contribution >= 4 is 0 Å². The number of benzene rings is 1. The number of nitriles is 1. The largest absolute Gasteiger partial charge is 0.418 e. The zero-order valence-corrected chi connectivity index (χ0v) is 7.45. The Hall–Kier alpha value is -1.71. The van der Waals surface area contributed by atoms with Crippen molar-refractivity contribution < 1.29 is 26.3 Å². The first kappa shape index (κ1) is 12.4. The summed E-state index contributed by atoms with van der Waals surface area (Å²) in [4.78, 5) is 0. The molecule has 1 nitrogen and oxygen atoms in total. The fourth-order valence-corrected chi connectivity index (χ4v) is 1.19. The molecule has 1 aromatic rings. The van der Waals surface area contributed by atoms with E-state index >= 15 is 0 Å². The fourth-order valence-electron chi connectivity index (χ4n) is 1.19. The van der Waals surface area contributed by atoms with Crippen LogP contribution in [-0.4, -0.2) is 0 Å². The predicted octanol–water partition coefficient (Wildman–Crippen LogP) is 3.60. The summed E-state index contributed by atoms with van der Waals surface area (Å²) in [5.74, 6) is 0. The zero-order chi connectivity index (χ0) is 12.6. The third-order valence-electron chi connectivity index (χ3n) is 1.77. The van der Waals surface area contributed by atoms with Crippen molar-refractivity contribution in [3.8, 4) is 6.07 Å². The molecule has 0 amide bonds. The molecule has 0 aliphatic heterocycles. The highest BCUT2D eigenvalue weighted by atomic mass is 19.4. The van der Waals surface area contributed by atoms with Gasteiger partial charge in [-0.05, 0) is 12.1 Å². The molecule has 0 saturated heterocycles. The van der Waals surface area contributed by atoms with Gasteiger partial charge in [0.05, 0.1) is 22.8 Å². The predicted molar refractivity (Wildman–Crippen MR) is 41.2 cm³/mol. The topological polar surface area (TPSA) is 23.8 Å². The summed E-state index contributed by atoms with van der Waals surface area (Å²) in [6.07, 6.45) is -10.4. The molecular formula is C9H3F6N. The monoisotopic (exact) mass is 239 g/mol. The second-order valence-electron chi connectivity index (χ2n) is 2.84. The van der Waals surface area contributed by atoms with Crippen LogP contribution in [-0.2, 0) is 12.4 Å². The van der Waals surface area contributed by atoms with Crippen LogP contribution >= 0.6 is 0 Å². The molecule has 0 aromatic heterocycles. The molecule has 1 rings (SSSR count). The van der Waals surface area contributed by atoms with Crippen LogP contribution < -0.4 is 0 Å². The maximum Gasteiger partial charge on any atom is 0.418 e. The van der Waals surface area contributed by atoms with Crippen molar-refractivity contribution in [1.82, 2.24) is 0 Å². The molecule has 0 fully saturated rings. The van der Waals surface area contributed by atoms with Gasteiger partial charge in [-0.1, -0.05) is 6.07 Å². The van der Waals surface area contributed by atoms with Crippen LogP contribution in [0.15, 0.2) is 18.2 Å². The van der Waals surface area contributed by atoms with E-state index in [1.807, 2.05) is 0 Å². The molecule has 0 atom stereocenters. The first-order valence-corrected chi connectivity index (χ1v) is 3.85. The van der Waals surface area contributed by atoms with Crippen molar-refractivity contribution in [3.63, 3.8) is 0 Å². The Labute approximate surface area is 85.9 Å². The van der Waals surface area contributed by atoms with Gasteiger partial charge in [-0.3, -0.25) is 0 Å². The van der Waals surface area contributed by atoms with Gasteiger partial charge in [-0.25, -0.2) is 0 Å². The molecule has 0 bridgehead atoms. The van der Waals surface area contributed by atoms with Gasteiger partial charge < -0.3 is 0 Å². The van der Waals surface area contributed by atoms with Gasteiger partial charge in [0.2, 0.25) is 0 Å². The highest BCUT2D eigenvalue weighted by Gasteiger charge is 2.44. The maximum absolute atomic E-state index is 12.4. The number of halogens is 6. The Balaban J connectivity index is 3.59. The summed E-state index contributed by atoms with van der Waals surface area (Å²) in [7, 11) is 0. The van der Waals surface area contributed by atoms with E-state index in [2.05, 4.69) is 0 Å². The summed E-state index contributed by atoms with van der Waals surface area (Å²) in [5, 5.41) is 8.35. The third kappa shape index (κ3) is 2.27. The summed E-state index contributed by atoms with van der Waals surface area (Å²) in [6, 6.07) is 2.84. The molecule has 0 saturated carbocycles. The van der Waals surface area contributed by atoms with E-state index < -0.39 is 29.0 Å². The summed E-state index contributed by atoms with van der Waals surface area (Å²) < 4.78 is 74.0. The second-order valence-corrected chi connectivity index (χ2v) is 2.84. The molecule has 0 spiro atoms. The molecule has 0 aliphatic carbocycles. The van der Waals surface area contributed by atoms with E-state index in [1.165, 1.54) is 0 Å². The van der Waals surface area contributed by atoms with Crippen LogP contribution in [0.5, 0.6) is 0 Å². The Bertz CT molecular complexity index is 437. The maximum atomic E-state index is 12.4. The lowest BCUT2D eigenvalue weighted by molar-refractivity contribution is -0.162. The molecule has 7 heteroatoms. The van der Waals surface area contributed by atoms with Crippen molar-refractivity contribution in [1.29, 1.82) is 5.26 Å². The molecule has 0 heterocycles. The standard InChI is InChI=1S/C9H3F6N/c10-8(11,12)6-3-1-2-5(4-16)7(6)9(13,14)15/h1-3H. The van der Waals surface area contributed by atoms with Gasteiger partial charge in [0.25, 0.3) is 0 Å². The first-order chi connectivity index (χ1) is 7.18. The molecule has 0 aliphatic rings. The van der Waals surface area contributed by atoms with Crippen molar-refractivity contribution in [3.05, 3.63) is 34.9 Å². The van der Waals surface area contributed by atoms with Gasteiger partial charge in [-0.15, -0.1) is 0 Å². The third-order valence-corrected chi connectivity index (χ3v) is 1.77. The lowest BCUT2D eigenvalue weighted by atomic mass is 10.0. The van der Waals surface area contributed by atoms with Crippen LogP contribution in [0, 0.1) is 11.3 Å². The van der Waals surface area contributed by atoms with Crippen molar-refractivity contribution in [2.45, 2.75) is 12.4 Å². The van der Waals surface area contributed by atoms with E-state index in [9.17, 15) is 26.3 Å². The van der Waals surface area contributed by atoms with E-state index in [0.29, 0.717) is 12.1 Å². The smallest absolute Gasteiger partial charge is 0.192 e. The van der Waals surface area contributed by atoms with E-state index in [0.717, 1.165) is 12.1 Å². The SMILES string of the molecule is N#Cc1cccc(C(F)(F)F)c1C(F)(F)F. The van der Waals surface area contributed by atoms with Crippen LogP contribution in [0.3, 0.4) is 0 Å². The van der Waals surface area contributed by atoms with Crippen LogP contribution in [0.1, 0.15) is 16.7 Å². The van der Waals surface area contributed by atoms with Crippen LogP contribution in [0.4, 0.5) is 26.3 Å². The molecule has 0 unspecified atom stereocenters. The van der Waals surface area contributed by atoms with Crippen molar-refractivity contribution in [2.75, 3.05) is 0 Å². The van der Waals surface area contributed by atoms with Gasteiger partial charge in [0, 0.05) is 0 Å². The molecule has 0 N–H and O–H groups in total. The lowest BCUT2D eigenvalue weighted by Gasteiger charge is -2.16. The minimum atomic E-state index is -5.21. The zero-order valence-electron chi connectivity index (χ0n) is 7.45. The highest BCUT2D eigenvalue weighted by molar-refractivity contribution is 5.45. The minimum Gasteiger partial charge on any atom is -0.192 e. The summed E-state index contributed by atoms with van der Waals surface area (Å²) in [5.41, 5.74) is -4.83. The normalized spacial score (nSPS) is 12.3. The van der Waals surface area contributed by atoms with E-state index in [1.54, 1.807) is 0 Å². The average molecular weight is 239 g/mol. The molecule has 1 aromatic carbocycles. The number of rotatable bonds is 0. The Morgan fingerprint density at radius 2 is 1.50 bits per heavy atom. The summed E-state index contributed by atoms with van der Waals surface area (Å²) >= 11 is 0. The molecule has 86 valence electrons. The molecule has 0 radical (unpaired) electrons. The van der Waals surface area contributed by atoms with Gasteiger partial charge in [0.1, 0.15) is 0 Å². The minimum absolute atomic E-state index is 0.295. The Morgan fingerprint density at radius 1 is 0.938 bits per heavy atom.